The van der Waals surface area contributed by atoms with E-state index >= 15 is 0 Å². The Balaban J connectivity index is 4.88. The number of hydrogen-bond acceptors (Lipinski definition) is 6. The van der Waals surface area contributed by atoms with Crippen molar-refractivity contribution in [2.75, 3.05) is 7.05 Å². The van der Waals surface area contributed by atoms with E-state index in [1.54, 1.807) is 0 Å². The lowest BCUT2D eigenvalue weighted by Crippen LogP contribution is -2.59. The Morgan fingerprint density at radius 3 is 1.67 bits per heavy atom. The zero-order valence-electron chi connectivity index (χ0n) is 12.6. The van der Waals surface area contributed by atoms with Crippen molar-refractivity contribution in [2.24, 2.45) is 5.73 Å². The number of hydrogen-bond donors (Lipinski definition) is 6. The molecule has 0 aromatic heterocycles. The number of aliphatic hydroxyl groups excluding tert-OH is 2. The number of nitrogens with two attached hydrogens (primary N) is 1. The number of carbonyl (C=O) groups is 3. The fraction of sp³-hybridized carbons (Fsp3) is 0.750. The molecule has 7 N–H and O–H groups in total. The molecule has 122 valence electrons. The van der Waals surface area contributed by atoms with Gasteiger partial charge in [0.25, 0.3) is 0 Å². The van der Waals surface area contributed by atoms with Crippen molar-refractivity contribution in [3.05, 3.63) is 0 Å². The second-order valence-corrected chi connectivity index (χ2v) is 4.87. The van der Waals surface area contributed by atoms with E-state index < -0.39 is 48.1 Å². The van der Waals surface area contributed by atoms with Gasteiger partial charge in [-0.1, -0.05) is 0 Å². The zero-order valence-corrected chi connectivity index (χ0v) is 12.6. The molecule has 3 amide bonds. The molecule has 0 radical (unpaired) electrons. The third-order valence-electron chi connectivity index (χ3n) is 2.92. The SMILES string of the molecule is CN[C@H](C(=O)N[C@H](C(=O)N[C@@H](C)C(N)=O)[C@@H](C)O)[C@@H](C)O. The van der Waals surface area contributed by atoms with Gasteiger partial charge in [-0.05, 0) is 27.8 Å². The van der Waals surface area contributed by atoms with E-state index in [0.717, 1.165) is 0 Å². The van der Waals surface area contributed by atoms with Crippen LogP contribution in [0.3, 0.4) is 0 Å². The van der Waals surface area contributed by atoms with E-state index in [1.165, 1.54) is 27.8 Å². The molecule has 0 aliphatic carbocycles. The van der Waals surface area contributed by atoms with Crippen LogP contribution < -0.4 is 21.7 Å². The van der Waals surface area contributed by atoms with Crippen LogP contribution in [-0.2, 0) is 14.4 Å². The molecule has 0 fully saturated rings. The predicted octanol–water partition coefficient (Wildman–Crippen LogP) is -3.19. The Hall–Kier alpha value is -1.71. The van der Waals surface area contributed by atoms with E-state index in [0.29, 0.717) is 0 Å². The number of aliphatic hydroxyl groups is 2. The van der Waals surface area contributed by atoms with Crippen LogP contribution in [0.5, 0.6) is 0 Å². The zero-order chi connectivity index (χ0) is 16.7. The van der Waals surface area contributed by atoms with Crippen LogP contribution in [0, 0.1) is 0 Å². The van der Waals surface area contributed by atoms with Crippen LogP contribution in [0.25, 0.3) is 0 Å². The van der Waals surface area contributed by atoms with Gasteiger partial charge in [0.15, 0.2) is 0 Å². The highest BCUT2D eigenvalue weighted by atomic mass is 16.3. The summed E-state index contributed by atoms with van der Waals surface area (Å²) >= 11 is 0. The van der Waals surface area contributed by atoms with Crippen molar-refractivity contribution in [1.82, 2.24) is 16.0 Å². The highest BCUT2D eigenvalue weighted by Crippen LogP contribution is 1.99. The van der Waals surface area contributed by atoms with Crippen molar-refractivity contribution in [3.8, 4) is 0 Å². The summed E-state index contributed by atoms with van der Waals surface area (Å²) < 4.78 is 0. The molecule has 0 rings (SSSR count). The molecule has 0 aromatic carbocycles. The molecule has 5 atom stereocenters. The van der Waals surface area contributed by atoms with Gasteiger partial charge in [0, 0.05) is 0 Å². The molecule has 0 aliphatic rings. The summed E-state index contributed by atoms with van der Waals surface area (Å²) in [6.45, 7) is 4.11. The maximum atomic E-state index is 11.9. The van der Waals surface area contributed by atoms with Gasteiger partial charge in [0.05, 0.1) is 12.2 Å². The van der Waals surface area contributed by atoms with Gasteiger partial charge < -0.3 is 31.9 Å². The van der Waals surface area contributed by atoms with Gasteiger partial charge in [-0.3, -0.25) is 14.4 Å². The van der Waals surface area contributed by atoms with Crippen molar-refractivity contribution >= 4 is 17.7 Å². The Labute approximate surface area is 123 Å². The summed E-state index contributed by atoms with van der Waals surface area (Å²) in [5, 5.41) is 26.2. The number of amides is 3. The van der Waals surface area contributed by atoms with Gasteiger partial charge in [0.2, 0.25) is 17.7 Å². The van der Waals surface area contributed by atoms with Crippen LogP contribution in [0.1, 0.15) is 20.8 Å². The molecule has 0 unspecified atom stereocenters. The summed E-state index contributed by atoms with van der Waals surface area (Å²) in [5.41, 5.74) is 5.02. The maximum Gasteiger partial charge on any atom is 0.245 e. The number of nitrogens with one attached hydrogen (secondary N) is 3. The van der Waals surface area contributed by atoms with E-state index in [2.05, 4.69) is 16.0 Å². The summed E-state index contributed by atoms with van der Waals surface area (Å²) in [4.78, 5) is 34.8. The minimum absolute atomic E-state index is 0.653. The van der Waals surface area contributed by atoms with Crippen molar-refractivity contribution in [3.63, 3.8) is 0 Å². The van der Waals surface area contributed by atoms with Gasteiger partial charge in [-0.2, -0.15) is 0 Å². The lowest BCUT2D eigenvalue weighted by atomic mass is 10.1. The van der Waals surface area contributed by atoms with E-state index in [4.69, 9.17) is 5.73 Å². The summed E-state index contributed by atoms with van der Waals surface area (Å²) in [7, 11) is 1.48. The van der Waals surface area contributed by atoms with E-state index in [-0.39, 0.29) is 0 Å². The smallest absolute Gasteiger partial charge is 0.245 e. The number of carbonyl (C=O) groups excluding carboxylic acids is 3. The molecule has 21 heavy (non-hydrogen) atoms. The largest absolute Gasteiger partial charge is 0.391 e. The average Bonchev–Trinajstić information content (AvgIpc) is 2.35. The van der Waals surface area contributed by atoms with Gasteiger partial charge >= 0.3 is 0 Å². The van der Waals surface area contributed by atoms with Gasteiger partial charge in [-0.25, -0.2) is 0 Å². The van der Waals surface area contributed by atoms with Crippen LogP contribution in [0.2, 0.25) is 0 Å². The molecule has 0 spiro atoms. The normalized spacial score (nSPS) is 18.0. The molecule has 0 bridgehead atoms. The first-order valence-electron chi connectivity index (χ1n) is 6.55. The minimum atomic E-state index is -1.27. The first-order valence-corrected chi connectivity index (χ1v) is 6.55. The number of primary amides is 1. The Bertz CT molecular complexity index is 386. The fourth-order valence-corrected chi connectivity index (χ4v) is 1.61. The summed E-state index contributed by atoms with van der Waals surface area (Å²) in [6.07, 6.45) is -2.18. The topological polar surface area (TPSA) is 154 Å². The minimum Gasteiger partial charge on any atom is -0.391 e. The first-order chi connectivity index (χ1) is 9.61. The highest BCUT2D eigenvalue weighted by Gasteiger charge is 2.31. The van der Waals surface area contributed by atoms with Crippen molar-refractivity contribution in [1.29, 1.82) is 0 Å². The summed E-state index contributed by atoms with van der Waals surface area (Å²) in [5.74, 6) is -2.14. The van der Waals surface area contributed by atoms with Crippen molar-refractivity contribution < 1.29 is 24.6 Å². The molecule has 0 saturated carbocycles. The molecule has 0 aromatic rings. The number of rotatable bonds is 8. The van der Waals surface area contributed by atoms with Crippen LogP contribution >= 0.6 is 0 Å². The predicted molar refractivity (Wildman–Crippen MR) is 74.9 cm³/mol. The molecule has 9 nitrogen and oxygen atoms in total. The van der Waals surface area contributed by atoms with E-state index in [1.807, 2.05) is 0 Å². The standard InChI is InChI=1S/C12H24N4O5/c1-5(10(13)19)15-12(21)9(7(3)18)16-11(20)8(14-4)6(2)17/h5-9,14,17-18H,1-4H3,(H2,13,19)(H,15,21)(H,16,20)/t5-,6+,7+,8-,9-/m0/s1. The van der Waals surface area contributed by atoms with Crippen LogP contribution in [-0.4, -0.2) is 65.3 Å². The quantitative estimate of drug-likeness (QED) is 0.278. The second-order valence-electron chi connectivity index (χ2n) is 4.87. The van der Waals surface area contributed by atoms with Gasteiger partial charge in [0.1, 0.15) is 18.1 Å². The average molecular weight is 304 g/mol. The second kappa shape index (κ2) is 8.55. The Kier molecular flexibility index (Phi) is 7.85. The third kappa shape index (κ3) is 6.06. The molecule has 9 heteroatoms. The maximum absolute atomic E-state index is 11.9. The lowest BCUT2D eigenvalue weighted by Gasteiger charge is -2.25. The summed E-state index contributed by atoms with van der Waals surface area (Å²) in [6, 6.07) is -3.14. The molecule has 0 aliphatic heterocycles. The lowest BCUT2D eigenvalue weighted by molar-refractivity contribution is -0.135. The molecular weight excluding hydrogens is 280 g/mol. The molecule has 0 heterocycles. The Morgan fingerprint density at radius 2 is 1.33 bits per heavy atom. The third-order valence-corrected chi connectivity index (χ3v) is 2.92. The molecular formula is C12H24N4O5. The van der Waals surface area contributed by atoms with Crippen LogP contribution in [0.4, 0.5) is 0 Å². The fourth-order valence-electron chi connectivity index (χ4n) is 1.61. The monoisotopic (exact) mass is 304 g/mol. The van der Waals surface area contributed by atoms with E-state index in [9.17, 15) is 24.6 Å². The van der Waals surface area contributed by atoms with Crippen molar-refractivity contribution in [2.45, 2.75) is 51.1 Å². The van der Waals surface area contributed by atoms with Crippen LogP contribution in [0.15, 0.2) is 0 Å². The van der Waals surface area contributed by atoms with Gasteiger partial charge in [-0.15, -0.1) is 0 Å². The Morgan fingerprint density at radius 1 is 0.905 bits per heavy atom. The highest BCUT2D eigenvalue weighted by molar-refractivity contribution is 5.93. The number of likely N-dealkylation sites (N-methyl/N-ethyl adjacent to an activating group) is 1. The first kappa shape index (κ1) is 19.3. The molecule has 0 saturated heterocycles.